The molecule has 10 heteroatoms. The number of hydrogen-bond acceptors (Lipinski definition) is 4. The number of nitrogens with zero attached hydrogens (tertiary/aromatic N) is 3. The van der Waals surface area contributed by atoms with Crippen LogP contribution >= 0.6 is 11.3 Å². The summed E-state index contributed by atoms with van der Waals surface area (Å²) < 4.78 is 41.8. The summed E-state index contributed by atoms with van der Waals surface area (Å²) in [4.78, 5) is 9.34. The van der Waals surface area contributed by atoms with Crippen LogP contribution in [0, 0.1) is 0 Å². The van der Waals surface area contributed by atoms with Crippen LogP contribution in [-0.2, 0) is 12.6 Å². The highest BCUT2D eigenvalue weighted by Crippen LogP contribution is 2.40. The van der Waals surface area contributed by atoms with E-state index in [1.165, 1.54) is 28.9 Å². The summed E-state index contributed by atoms with van der Waals surface area (Å²) in [6, 6.07) is 4.00. The van der Waals surface area contributed by atoms with Crippen LogP contribution in [0.25, 0.3) is 0 Å². The smallest absolute Gasteiger partial charge is 0.374 e. The average molecular weight is 418 g/mol. The zero-order valence-corrected chi connectivity index (χ0v) is 16.9. The van der Waals surface area contributed by atoms with E-state index in [2.05, 4.69) is 20.6 Å². The van der Waals surface area contributed by atoms with Crippen molar-refractivity contribution < 1.29 is 18.3 Å². The monoisotopic (exact) mass is 417 g/mol. The Morgan fingerprint density at radius 3 is 2.68 bits per heavy atom. The largest absolute Gasteiger partial charge is 0.424 e. The number of hydrogen-bond donors (Lipinski definition) is 3. The molecular formula is C18H26F3N5OS. The molecule has 6 nitrogen and oxygen atoms in total. The van der Waals surface area contributed by atoms with E-state index in [0.717, 1.165) is 0 Å². The normalized spacial score (nSPS) is 15.9. The number of imidazole rings is 1. The first-order valence-electron chi connectivity index (χ1n) is 9.01. The Morgan fingerprint density at radius 1 is 1.39 bits per heavy atom. The maximum Gasteiger partial charge on any atom is 0.424 e. The van der Waals surface area contributed by atoms with E-state index >= 15 is 0 Å². The van der Waals surface area contributed by atoms with Crippen LogP contribution in [0.4, 0.5) is 13.2 Å². The predicted octanol–water partition coefficient (Wildman–Crippen LogP) is 2.98. The van der Waals surface area contributed by atoms with Crippen molar-refractivity contribution in [1.82, 2.24) is 20.2 Å². The zero-order valence-electron chi connectivity index (χ0n) is 16.1. The second kappa shape index (κ2) is 9.42. The lowest BCUT2D eigenvalue weighted by molar-refractivity contribution is -0.272. The van der Waals surface area contributed by atoms with E-state index in [-0.39, 0.29) is 12.5 Å². The van der Waals surface area contributed by atoms with E-state index in [1.54, 1.807) is 11.3 Å². The van der Waals surface area contributed by atoms with Gasteiger partial charge in [-0.25, -0.2) is 4.98 Å². The summed E-state index contributed by atoms with van der Waals surface area (Å²) in [6.45, 7) is 4.87. The first-order chi connectivity index (χ1) is 13.2. The van der Waals surface area contributed by atoms with Crippen molar-refractivity contribution in [2.45, 2.75) is 38.0 Å². The van der Waals surface area contributed by atoms with Gasteiger partial charge in [-0.05, 0) is 18.4 Å². The Labute approximate surface area is 166 Å². The third-order valence-electron chi connectivity index (χ3n) is 4.34. The lowest BCUT2D eigenvalue weighted by Gasteiger charge is -2.30. The summed E-state index contributed by atoms with van der Waals surface area (Å²) in [6.07, 6.45) is -2.84. The molecule has 0 radical (unpaired) electrons. The quantitative estimate of drug-likeness (QED) is 0.456. The Morgan fingerprint density at radius 2 is 2.14 bits per heavy atom. The molecule has 0 bridgehead atoms. The van der Waals surface area contributed by atoms with E-state index < -0.39 is 24.0 Å². The fourth-order valence-corrected chi connectivity index (χ4v) is 3.52. The number of halogens is 3. The number of guanidine groups is 1. The fraction of sp³-hybridized carbons (Fsp3) is 0.556. The van der Waals surface area contributed by atoms with Crippen LogP contribution in [0.3, 0.4) is 0 Å². The standard InChI is InChI=1S/C18H26F3N5OS/c1-4-22-16(25-12-13(2)14-6-5-11-28-14)24-8-7-17(27,18(19,20)21)15-23-9-10-26(15)3/h5-6,9-11,13,27H,4,7-8,12H2,1-3H3,(H2,22,24,25). The summed E-state index contributed by atoms with van der Waals surface area (Å²) in [5.41, 5.74) is -3.04. The third-order valence-corrected chi connectivity index (χ3v) is 5.44. The molecule has 2 aromatic heterocycles. The highest BCUT2D eigenvalue weighted by molar-refractivity contribution is 7.10. The molecule has 2 atom stereocenters. The molecule has 2 unspecified atom stereocenters. The van der Waals surface area contributed by atoms with Crippen LogP contribution in [0.2, 0.25) is 0 Å². The molecule has 0 aromatic carbocycles. The first-order valence-corrected chi connectivity index (χ1v) is 9.89. The van der Waals surface area contributed by atoms with Gasteiger partial charge in [0.15, 0.2) is 5.96 Å². The van der Waals surface area contributed by atoms with E-state index in [0.29, 0.717) is 19.0 Å². The van der Waals surface area contributed by atoms with Crippen molar-refractivity contribution in [2.75, 3.05) is 19.6 Å². The molecule has 0 amide bonds. The molecule has 0 saturated carbocycles. The lowest BCUT2D eigenvalue weighted by Crippen LogP contribution is -2.48. The number of rotatable bonds is 8. The molecule has 0 aliphatic heterocycles. The molecule has 0 fully saturated rings. The number of aromatic nitrogens is 2. The van der Waals surface area contributed by atoms with Crippen LogP contribution in [-0.4, -0.2) is 46.4 Å². The SMILES string of the molecule is CCNC(=NCC(C)c1cccs1)NCCC(O)(c1nccn1C)C(F)(F)F. The molecule has 0 spiro atoms. The van der Waals surface area contributed by atoms with Gasteiger partial charge in [0.25, 0.3) is 0 Å². The van der Waals surface area contributed by atoms with E-state index in [9.17, 15) is 18.3 Å². The van der Waals surface area contributed by atoms with Gasteiger partial charge in [0, 0.05) is 49.7 Å². The van der Waals surface area contributed by atoms with Crippen LogP contribution in [0.5, 0.6) is 0 Å². The third kappa shape index (κ3) is 5.26. The molecule has 0 saturated heterocycles. The van der Waals surface area contributed by atoms with E-state index in [1.807, 2.05) is 31.4 Å². The molecule has 28 heavy (non-hydrogen) atoms. The molecular weight excluding hydrogens is 391 g/mol. The molecule has 2 aromatic rings. The van der Waals surface area contributed by atoms with Gasteiger partial charge in [-0.1, -0.05) is 13.0 Å². The minimum absolute atomic E-state index is 0.123. The Balaban J connectivity index is 2.03. The van der Waals surface area contributed by atoms with Crippen molar-refractivity contribution in [1.29, 1.82) is 0 Å². The van der Waals surface area contributed by atoms with E-state index in [4.69, 9.17) is 0 Å². The summed E-state index contributed by atoms with van der Waals surface area (Å²) in [7, 11) is 1.42. The highest BCUT2D eigenvalue weighted by atomic mass is 32.1. The number of aryl methyl sites for hydroxylation is 1. The lowest BCUT2D eigenvalue weighted by atomic mass is 9.97. The van der Waals surface area contributed by atoms with Crippen molar-refractivity contribution in [2.24, 2.45) is 12.0 Å². The number of aliphatic imine (C=N–C) groups is 1. The minimum atomic E-state index is -4.85. The molecule has 2 rings (SSSR count). The second-order valence-corrected chi connectivity index (χ2v) is 7.51. The number of nitrogens with one attached hydrogen (secondary N) is 2. The van der Waals surface area contributed by atoms with Crippen molar-refractivity contribution in [3.63, 3.8) is 0 Å². The topological polar surface area (TPSA) is 74.5 Å². The van der Waals surface area contributed by atoms with Gasteiger partial charge >= 0.3 is 6.18 Å². The maximum absolute atomic E-state index is 13.6. The Hall–Kier alpha value is -2.07. The van der Waals surface area contributed by atoms with Gasteiger partial charge in [-0.2, -0.15) is 13.2 Å². The molecule has 156 valence electrons. The van der Waals surface area contributed by atoms with Gasteiger partial charge in [-0.3, -0.25) is 4.99 Å². The maximum atomic E-state index is 13.6. The molecule has 0 aliphatic carbocycles. The van der Waals surface area contributed by atoms with Crippen LogP contribution in [0.1, 0.15) is 36.9 Å². The van der Waals surface area contributed by atoms with Crippen LogP contribution in [0.15, 0.2) is 34.9 Å². The molecule has 3 N–H and O–H groups in total. The minimum Gasteiger partial charge on any atom is -0.374 e. The summed E-state index contributed by atoms with van der Waals surface area (Å²) in [5.74, 6) is 0.181. The highest BCUT2D eigenvalue weighted by Gasteiger charge is 2.57. The zero-order chi connectivity index (χ0) is 20.8. The molecule has 0 aliphatic rings. The predicted molar refractivity (Wildman–Crippen MR) is 104 cm³/mol. The Kier molecular flexibility index (Phi) is 7.48. The van der Waals surface area contributed by atoms with Crippen molar-refractivity contribution >= 4 is 17.3 Å². The number of thiophene rings is 1. The fourth-order valence-electron chi connectivity index (χ4n) is 2.74. The first kappa shape index (κ1) is 22.2. The number of alkyl halides is 3. The van der Waals surface area contributed by atoms with Crippen molar-refractivity contribution in [3.05, 3.63) is 40.6 Å². The summed E-state index contributed by atoms with van der Waals surface area (Å²) >= 11 is 1.64. The van der Waals surface area contributed by atoms with Crippen LogP contribution < -0.4 is 10.6 Å². The van der Waals surface area contributed by atoms with Gasteiger partial charge in [0.2, 0.25) is 5.60 Å². The number of aliphatic hydroxyl groups is 1. The average Bonchev–Trinajstić information content (AvgIpc) is 3.30. The van der Waals surface area contributed by atoms with Gasteiger partial charge < -0.3 is 20.3 Å². The second-order valence-electron chi connectivity index (χ2n) is 6.53. The van der Waals surface area contributed by atoms with Gasteiger partial charge in [-0.15, -0.1) is 11.3 Å². The molecule has 2 heterocycles. The van der Waals surface area contributed by atoms with Gasteiger partial charge in [0.05, 0.1) is 6.54 Å². The van der Waals surface area contributed by atoms with Crippen molar-refractivity contribution in [3.8, 4) is 0 Å². The Bertz CT molecular complexity index is 760. The summed E-state index contributed by atoms with van der Waals surface area (Å²) in [5, 5.41) is 18.3. The van der Waals surface area contributed by atoms with Gasteiger partial charge in [0.1, 0.15) is 5.82 Å².